The molecule has 23 heavy (non-hydrogen) atoms. The fourth-order valence-corrected chi connectivity index (χ4v) is 3.62. The van der Waals surface area contributed by atoms with Gasteiger partial charge in [0, 0.05) is 35.4 Å². The normalized spacial score (nSPS) is 12.1. The van der Waals surface area contributed by atoms with Crippen molar-refractivity contribution < 1.29 is 4.79 Å². The third-order valence-corrected chi connectivity index (χ3v) is 4.70. The summed E-state index contributed by atoms with van der Waals surface area (Å²) in [5.41, 5.74) is 1.84. The second-order valence-corrected chi connectivity index (χ2v) is 6.34. The Bertz CT molecular complexity index is 775. The lowest BCUT2D eigenvalue weighted by atomic mass is 10.1. The third-order valence-electron chi connectivity index (χ3n) is 3.73. The largest absolute Gasteiger partial charge is 0.326 e. The first kappa shape index (κ1) is 15.5. The molecule has 0 spiro atoms. The first-order chi connectivity index (χ1) is 11.2. The zero-order valence-electron chi connectivity index (χ0n) is 13.2. The van der Waals surface area contributed by atoms with Gasteiger partial charge < -0.3 is 9.88 Å². The molecule has 0 aliphatic carbocycles. The zero-order chi connectivity index (χ0) is 16.2. The molecule has 0 unspecified atom stereocenters. The van der Waals surface area contributed by atoms with Crippen LogP contribution in [0.5, 0.6) is 0 Å². The number of carbonyl (C=O) groups excluding carboxylic acids is 1. The van der Waals surface area contributed by atoms with Crippen molar-refractivity contribution in [3.8, 4) is 11.4 Å². The number of anilines is 1. The van der Waals surface area contributed by atoms with Crippen LogP contribution in [0.25, 0.3) is 11.4 Å². The molecule has 0 aliphatic rings. The second kappa shape index (κ2) is 6.79. The SMILES string of the molecule is CC[C@H](c1cccs1)n1ccnc1-c1ccc(NC(C)=O)cc1. The summed E-state index contributed by atoms with van der Waals surface area (Å²) in [6.45, 7) is 3.70. The van der Waals surface area contributed by atoms with E-state index in [0.29, 0.717) is 6.04 Å². The number of nitrogens with one attached hydrogen (secondary N) is 1. The van der Waals surface area contributed by atoms with Crippen LogP contribution in [-0.2, 0) is 4.79 Å². The number of hydrogen-bond acceptors (Lipinski definition) is 3. The second-order valence-electron chi connectivity index (χ2n) is 5.36. The van der Waals surface area contributed by atoms with E-state index in [1.54, 1.807) is 11.3 Å². The lowest BCUT2D eigenvalue weighted by Crippen LogP contribution is -2.09. The van der Waals surface area contributed by atoms with Crippen LogP contribution in [0.4, 0.5) is 5.69 Å². The number of thiophene rings is 1. The highest BCUT2D eigenvalue weighted by Gasteiger charge is 2.17. The Kier molecular flexibility index (Phi) is 4.57. The first-order valence-electron chi connectivity index (χ1n) is 7.63. The van der Waals surface area contributed by atoms with Crippen molar-refractivity contribution in [1.82, 2.24) is 9.55 Å². The van der Waals surface area contributed by atoms with Gasteiger partial charge in [-0.1, -0.05) is 13.0 Å². The standard InChI is InChI=1S/C18H19N3OS/c1-3-16(17-5-4-12-23-17)21-11-10-19-18(21)14-6-8-15(9-7-14)20-13(2)22/h4-12,16H,3H2,1-2H3,(H,20,22)/t16-/m1/s1. The van der Waals surface area contributed by atoms with Crippen LogP contribution in [0, 0.1) is 0 Å². The van der Waals surface area contributed by atoms with Gasteiger partial charge in [-0.15, -0.1) is 11.3 Å². The highest BCUT2D eigenvalue weighted by Crippen LogP contribution is 2.30. The van der Waals surface area contributed by atoms with Crippen molar-refractivity contribution in [2.24, 2.45) is 0 Å². The van der Waals surface area contributed by atoms with Gasteiger partial charge in [0.05, 0.1) is 6.04 Å². The minimum atomic E-state index is -0.0667. The van der Waals surface area contributed by atoms with Crippen molar-refractivity contribution in [2.75, 3.05) is 5.32 Å². The highest BCUT2D eigenvalue weighted by atomic mass is 32.1. The molecular formula is C18H19N3OS. The predicted molar refractivity (Wildman–Crippen MR) is 94.7 cm³/mol. The molecule has 1 atom stereocenters. The van der Waals surface area contributed by atoms with Crippen molar-refractivity contribution in [2.45, 2.75) is 26.3 Å². The summed E-state index contributed by atoms with van der Waals surface area (Å²) in [6, 6.07) is 12.3. The molecule has 4 nitrogen and oxygen atoms in total. The summed E-state index contributed by atoms with van der Waals surface area (Å²) < 4.78 is 2.22. The number of carbonyl (C=O) groups is 1. The molecule has 2 heterocycles. The first-order valence-corrected chi connectivity index (χ1v) is 8.51. The maximum Gasteiger partial charge on any atom is 0.221 e. The third kappa shape index (κ3) is 3.35. The maximum atomic E-state index is 11.1. The van der Waals surface area contributed by atoms with E-state index < -0.39 is 0 Å². The summed E-state index contributed by atoms with van der Waals surface area (Å²) in [5.74, 6) is 0.877. The van der Waals surface area contributed by atoms with Gasteiger partial charge in [-0.25, -0.2) is 4.98 Å². The Morgan fingerprint density at radius 2 is 2.09 bits per heavy atom. The van der Waals surface area contributed by atoms with E-state index in [1.165, 1.54) is 11.8 Å². The fourth-order valence-electron chi connectivity index (χ4n) is 2.71. The average molecular weight is 325 g/mol. The Labute approximate surface area is 139 Å². The van der Waals surface area contributed by atoms with E-state index >= 15 is 0 Å². The molecule has 1 amide bonds. The Morgan fingerprint density at radius 3 is 2.70 bits per heavy atom. The Morgan fingerprint density at radius 1 is 1.30 bits per heavy atom. The minimum Gasteiger partial charge on any atom is -0.326 e. The van der Waals surface area contributed by atoms with E-state index in [4.69, 9.17) is 0 Å². The average Bonchev–Trinajstić information content (AvgIpc) is 3.21. The number of benzene rings is 1. The molecule has 0 saturated heterocycles. The van der Waals surface area contributed by atoms with Crippen LogP contribution in [-0.4, -0.2) is 15.5 Å². The molecule has 2 aromatic heterocycles. The van der Waals surface area contributed by atoms with Gasteiger partial charge in [0.15, 0.2) is 0 Å². The van der Waals surface area contributed by atoms with Gasteiger partial charge in [-0.3, -0.25) is 4.79 Å². The van der Waals surface area contributed by atoms with Crippen LogP contribution in [0.2, 0.25) is 0 Å². The van der Waals surface area contributed by atoms with Gasteiger partial charge in [0.2, 0.25) is 5.91 Å². The van der Waals surface area contributed by atoms with Crippen LogP contribution in [0.15, 0.2) is 54.2 Å². The van der Waals surface area contributed by atoms with E-state index in [9.17, 15) is 4.79 Å². The number of nitrogens with zero attached hydrogens (tertiary/aromatic N) is 2. The van der Waals surface area contributed by atoms with Crippen molar-refractivity contribution in [3.63, 3.8) is 0 Å². The molecule has 5 heteroatoms. The predicted octanol–water partition coefficient (Wildman–Crippen LogP) is 4.57. The van der Waals surface area contributed by atoms with Gasteiger partial charge in [0.1, 0.15) is 5.82 Å². The number of imidazole rings is 1. The summed E-state index contributed by atoms with van der Waals surface area (Å²) in [4.78, 5) is 17.0. The molecule has 1 N–H and O–H groups in total. The molecule has 0 aliphatic heterocycles. The molecule has 0 fully saturated rings. The summed E-state index contributed by atoms with van der Waals surface area (Å²) in [5, 5.41) is 4.89. The molecule has 1 aromatic carbocycles. The minimum absolute atomic E-state index is 0.0667. The molecule has 0 saturated carbocycles. The topological polar surface area (TPSA) is 46.9 Å². The molecule has 0 radical (unpaired) electrons. The van der Waals surface area contributed by atoms with E-state index in [2.05, 4.69) is 39.3 Å². The fraction of sp³-hybridized carbons (Fsp3) is 0.222. The van der Waals surface area contributed by atoms with E-state index in [-0.39, 0.29) is 5.91 Å². The van der Waals surface area contributed by atoms with Crippen molar-refractivity contribution in [1.29, 1.82) is 0 Å². The number of rotatable bonds is 5. The van der Waals surface area contributed by atoms with Crippen molar-refractivity contribution >= 4 is 22.9 Å². The molecule has 0 bridgehead atoms. The van der Waals surface area contributed by atoms with Crippen LogP contribution < -0.4 is 5.32 Å². The van der Waals surface area contributed by atoms with E-state index in [0.717, 1.165) is 23.5 Å². The Balaban J connectivity index is 1.92. The molecule has 3 aromatic rings. The smallest absolute Gasteiger partial charge is 0.221 e. The van der Waals surface area contributed by atoms with Crippen LogP contribution >= 0.6 is 11.3 Å². The molecule has 118 valence electrons. The summed E-state index contributed by atoms with van der Waals surface area (Å²) >= 11 is 1.77. The van der Waals surface area contributed by atoms with Gasteiger partial charge in [-0.2, -0.15) is 0 Å². The van der Waals surface area contributed by atoms with Crippen LogP contribution in [0.1, 0.15) is 31.2 Å². The maximum absolute atomic E-state index is 11.1. The summed E-state index contributed by atoms with van der Waals surface area (Å²) in [7, 11) is 0. The van der Waals surface area contributed by atoms with Crippen molar-refractivity contribution in [3.05, 3.63) is 59.0 Å². The van der Waals surface area contributed by atoms with Gasteiger partial charge >= 0.3 is 0 Å². The number of hydrogen-bond donors (Lipinski definition) is 1. The van der Waals surface area contributed by atoms with Crippen LogP contribution in [0.3, 0.4) is 0 Å². The highest BCUT2D eigenvalue weighted by molar-refractivity contribution is 7.10. The van der Waals surface area contributed by atoms with E-state index in [1.807, 2.05) is 36.7 Å². The quantitative estimate of drug-likeness (QED) is 0.747. The monoisotopic (exact) mass is 325 g/mol. The number of aromatic nitrogens is 2. The molecule has 3 rings (SSSR count). The lowest BCUT2D eigenvalue weighted by molar-refractivity contribution is -0.114. The lowest BCUT2D eigenvalue weighted by Gasteiger charge is -2.18. The Hall–Kier alpha value is -2.40. The summed E-state index contributed by atoms with van der Waals surface area (Å²) in [6.07, 6.45) is 4.88. The molecular weight excluding hydrogens is 306 g/mol. The van der Waals surface area contributed by atoms with Gasteiger partial charge in [-0.05, 0) is 42.1 Å². The number of amides is 1. The zero-order valence-corrected chi connectivity index (χ0v) is 14.0. The van der Waals surface area contributed by atoms with Gasteiger partial charge in [0.25, 0.3) is 0 Å².